The van der Waals surface area contributed by atoms with Crippen LogP contribution in [0.2, 0.25) is 5.02 Å². The van der Waals surface area contributed by atoms with Crippen LogP contribution in [-0.4, -0.2) is 34.2 Å². The molecule has 3 rings (SSSR count). The third kappa shape index (κ3) is 4.44. The largest absolute Gasteiger partial charge is 0.302 e. The monoisotopic (exact) mass is 395 g/mol. The number of benzene rings is 1. The van der Waals surface area contributed by atoms with Gasteiger partial charge in [-0.25, -0.2) is 9.37 Å². The first kappa shape index (κ1) is 18.5. The van der Waals surface area contributed by atoms with Crippen LogP contribution >= 0.6 is 22.9 Å². The highest BCUT2D eigenvalue weighted by molar-refractivity contribution is 7.15. The van der Waals surface area contributed by atoms with Gasteiger partial charge < -0.3 is 5.32 Å². The number of imide groups is 1. The lowest BCUT2D eigenvalue weighted by atomic mass is 10.1. The number of halogens is 2. The second kappa shape index (κ2) is 7.92. The van der Waals surface area contributed by atoms with Crippen molar-refractivity contribution in [1.82, 2.24) is 9.88 Å². The highest BCUT2D eigenvalue weighted by Crippen LogP contribution is 2.24. The standard InChI is InChI=1S/C17H15ClFN3O3S/c18-12-8-10(1-2-13(12)19)7-11-9-20-17(26-11)21-14(23)5-6-22-15(24)3-4-16(22)25/h1-2,8-9H,3-7H2,(H,20,21,23). The average molecular weight is 396 g/mol. The van der Waals surface area contributed by atoms with Crippen molar-refractivity contribution in [3.8, 4) is 0 Å². The summed E-state index contributed by atoms with van der Waals surface area (Å²) in [6.45, 7) is 0.0792. The van der Waals surface area contributed by atoms with E-state index in [-0.39, 0.29) is 48.6 Å². The van der Waals surface area contributed by atoms with Gasteiger partial charge in [-0.2, -0.15) is 0 Å². The number of nitrogens with zero attached hydrogens (tertiary/aromatic N) is 2. The van der Waals surface area contributed by atoms with Crippen LogP contribution in [0.25, 0.3) is 0 Å². The van der Waals surface area contributed by atoms with Gasteiger partial charge in [0.15, 0.2) is 5.13 Å². The zero-order valence-electron chi connectivity index (χ0n) is 13.6. The molecule has 136 valence electrons. The molecule has 1 N–H and O–H groups in total. The Hall–Kier alpha value is -2.32. The first-order valence-electron chi connectivity index (χ1n) is 7.94. The number of likely N-dealkylation sites (tertiary alicyclic amines) is 1. The normalized spacial score (nSPS) is 14.2. The zero-order valence-corrected chi connectivity index (χ0v) is 15.2. The van der Waals surface area contributed by atoms with Gasteiger partial charge in [0.1, 0.15) is 5.82 Å². The van der Waals surface area contributed by atoms with Gasteiger partial charge in [-0.15, -0.1) is 11.3 Å². The van der Waals surface area contributed by atoms with Crippen molar-refractivity contribution >= 4 is 45.8 Å². The molecule has 0 atom stereocenters. The molecule has 1 aliphatic heterocycles. The third-order valence-corrected chi connectivity index (χ3v) is 5.08. The number of carbonyl (C=O) groups is 3. The number of amides is 3. The maximum Gasteiger partial charge on any atom is 0.229 e. The van der Waals surface area contributed by atoms with E-state index in [0.717, 1.165) is 15.3 Å². The van der Waals surface area contributed by atoms with Gasteiger partial charge >= 0.3 is 0 Å². The number of carbonyl (C=O) groups excluding carboxylic acids is 3. The number of nitrogens with one attached hydrogen (secondary N) is 1. The van der Waals surface area contributed by atoms with Crippen LogP contribution in [0.3, 0.4) is 0 Å². The summed E-state index contributed by atoms with van der Waals surface area (Å²) in [6, 6.07) is 4.50. The molecule has 26 heavy (non-hydrogen) atoms. The molecule has 3 amide bonds. The summed E-state index contributed by atoms with van der Waals surface area (Å²) in [5.41, 5.74) is 0.837. The average Bonchev–Trinajstić information content (AvgIpc) is 3.16. The molecule has 1 aromatic carbocycles. The number of hydrogen-bond acceptors (Lipinski definition) is 5. The summed E-state index contributed by atoms with van der Waals surface area (Å²) in [6.07, 6.45) is 2.60. The minimum absolute atomic E-state index is 0.0277. The van der Waals surface area contributed by atoms with E-state index in [1.54, 1.807) is 18.3 Å². The van der Waals surface area contributed by atoms with E-state index >= 15 is 0 Å². The van der Waals surface area contributed by atoms with Crippen molar-refractivity contribution in [2.75, 3.05) is 11.9 Å². The summed E-state index contributed by atoms with van der Waals surface area (Å²) in [5, 5.41) is 3.15. The fourth-order valence-corrected chi connectivity index (χ4v) is 3.63. The highest BCUT2D eigenvalue weighted by atomic mass is 35.5. The van der Waals surface area contributed by atoms with Crippen LogP contribution in [0.5, 0.6) is 0 Å². The lowest BCUT2D eigenvalue weighted by molar-refractivity contribution is -0.138. The molecule has 1 aromatic heterocycles. The van der Waals surface area contributed by atoms with Gasteiger partial charge in [0.05, 0.1) is 5.02 Å². The molecule has 1 aliphatic rings. The van der Waals surface area contributed by atoms with E-state index in [9.17, 15) is 18.8 Å². The summed E-state index contributed by atoms with van der Waals surface area (Å²) in [7, 11) is 0. The van der Waals surface area contributed by atoms with E-state index in [1.807, 2.05) is 0 Å². The van der Waals surface area contributed by atoms with E-state index in [1.165, 1.54) is 17.4 Å². The molecule has 1 saturated heterocycles. The summed E-state index contributed by atoms with van der Waals surface area (Å²) in [4.78, 5) is 41.1. The van der Waals surface area contributed by atoms with Gasteiger partial charge in [0.25, 0.3) is 0 Å². The second-order valence-electron chi connectivity index (χ2n) is 5.79. The predicted octanol–water partition coefficient (Wildman–Crippen LogP) is 3.00. The fourth-order valence-electron chi connectivity index (χ4n) is 2.57. The molecule has 0 spiro atoms. The molecule has 0 radical (unpaired) electrons. The van der Waals surface area contributed by atoms with Crippen LogP contribution in [0, 0.1) is 5.82 Å². The van der Waals surface area contributed by atoms with Crippen molar-refractivity contribution in [2.45, 2.75) is 25.7 Å². The predicted molar refractivity (Wildman–Crippen MR) is 95.5 cm³/mol. The number of anilines is 1. The molecule has 0 saturated carbocycles. The molecular formula is C17H15ClFN3O3S. The van der Waals surface area contributed by atoms with Crippen molar-refractivity contribution in [3.63, 3.8) is 0 Å². The lowest BCUT2D eigenvalue weighted by Crippen LogP contribution is -2.32. The Morgan fingerprint density at radius 2 is 2.04 bits per heavy atom. The summed E-state index contributed by atoms with van der Waals surface area (Å²) < 4.78 is 13.2. The first-order chi connectivity index (χ1) is 12.4. The smallest absolute Gasteiger partial charge is 0.229 e. The van der Waals surface area contributed by atoms with Crippen LogP contribution in [0.15, 0.2) is 24.4 Å². The van der Waals surface area contributed by atoms with Gasteiger partial charge in [-0.05, 0) is 17.7 Å². The van der Waals surface area contributed by atoms with Gasteiger partial charge in [-0.3, -0.25) is 19.3 Å². The van der Waals surface area contributed by atoms with Crippen molar-refractivity contribution in [2.24, 2.45) is 0 Å². The fraction of sp³-hybridized carbons (Fsp3) is 0.294. The Balaban J connectivity index is 1.52. The Morgan fingerprint density at radius 1 is 1.31 bits per heavy atom. The van der Waals surface area contributed by atoms with Crippen molar-refractivity contribution in [1.29, 1.82) is 0 Å². The number of rotatable bonds is 6. The van der Waals surface area contributed by atoms with E-state index in [0.29, 0.717) is 11.6 Å². The topological polar surface area (TPSA) is 79.4 Å². The van der Waals surface area contributed by atoms with E-state index < -0.39 is 5.82 Å². The SMILES string of the molecule is O=C(CCN1C(=O)CCC1=O)Nc1ncc(Cc2ccc(F)c(Cl)c2)s1. The molecule has 0 unspecified atom stereocenters. The van der Waals surface area contributed by atoms with E-state index in [4.69, 9.17) is 11.6 Å². The zero-order chi connectivity index (χ0) is 18.7. The molecule has 2 aromatic rings. The second-order valence-corrected chi connectivity index (χ2v) is 7.32. The molecule has 1 fully saturated rings. The summed E-state index contributed by atoms with van der Waals surface area (Å²) >= 11 is 7.07. The summed E-state index contributed by atoms with van der Waals surface area (Å²) in [5.74, 6) is -1.26. The van der Waals surface area contributed by atoms with Crippen molar-refractivity contribution < 1.29 is 18.8 Å². The van der Waals surface area contributed by atoms with Crippen LogP contribution < -0.4 is 5.32 Å². The first-order valence-corrected chi connectivity index (χ1v) is 9.13. The third-order valence-electron chi connectivity index (χ3n) is 3.88. The lowest BCUT2D eigenvalue weighted by Gasteiger charge is -2.12. The Morgan fingerprint density at radius 3 is 2.73 bits per heavy atom. The Labute approximate surface area is 158 Å². The highest BCUT2D eigenvalue weighted by Gasteiger charge is 2.28. The molecule has 9 heteroatoms. The maximum atomic E-state index is 13.2. The van der Waals surface area contributed by atoms with Gasteiger partial charge in [-0.1, -0.05) is 17.7 Å². The van der Waals surface area contributed by atoms with E-state index in [2.05, 4.69) is 10.3 Å². The minimum atomic E-state index is -0.470. The minimum Gasteiger partial charge on any atom is -0.302 e. The molecular weight excluding hydrogens is 381 g/mol. The van der Waals surface area contributed by atoms with Crippen LogP contribution in [0.1, 0.15) is 29.7 Å². The van der Waals surface area contributed by atoms with Gasteiger partial charge in [0, 0.05) is 43.3 Å². The molecule has 2 heterocycles. The van der Waals surface area contributed by atoms with Gasteiger partial charge in [0.2, 0.25) is 17.7 Å². The Bertz CT molecular complexity index is 855. The van der Waals surface area contributed by atoms with Crippen LogP contribution in [0.4, 0.5) is 9.52 Å². The van der Waals surface area contributed by atoms with Crippen LogP contribution in [-0.2, 0) is 20.8 Å². The molecule has 0 bridgehead atoms. The number of hydrogen-bond donors (Lipinski definition) is 1. The maximum absolute atomic E-state index is 13.2. The number of thiazole rings is 1. The number of aromatic nitrogens is 1. The van der Waals surface area contributed by atoms with Crippen molar-refractivity contribution in [3.05, 3.63) is 45.7 Å². The molecule has 6 nitrogen and oxygen atoms in total. The molecule has 0 aliphatic carbocycles. The quantitative estimate of drug-likeness (QED) is 0.762. The Kier molecular flexibility index (Phi) is 5.63.